The van der Waals surface area contributed by atoms with E-state index in [4.69, 9.17) is 5.73 Å². The van der Waals surface area contributed by atoms with Crippen molar-refractivity contribution in [1.82, 2.24) is 10.2 Å². The Kier molecular flexibility index (Phi) is 3.62. The zero-order chi connectivity index (χ0) is 13.0. The number of carbonyl (C=O) groups is 1. The number of nitrogens with one attached hydrogen (secondary N) is 2. The summed E-state index contributed by atoms with van der Waals surface area (Å²) in [6, 6.07) is 7.57. The average Bonchev–Trinajstić information content (AvgIpc) is 2.73. The second kappa shape index (κ2) is 5.35. The highest BCUT2D eigenvalue weighted by molar-refractivity contribution is 5.90. The van der Waals surface area contributed by atoms with E-state index < -0.39 is 0 Å². The number of H-pyrrole nitrogens is 1. The van der Waals surface area contributed by atoms with Crippen LogP contribution in [0.25, 0.3) is 0 Å². The van der Waals surface area contributed by atoms with Crippen molar-refractivity contribution in [3.05, 3.63) is 41.6 Å². The quantitative estimate of drug-likeness (QED) is 0.718. The minimum Gasteiger partial charge on any atom is -0.399 e. The van der Waals surface area contributed by atoms with E-state index in [1.165, 1.54) is 0 Å². The Morgan fingerprint density at radius 3 is 3.00 bits per heavy atom. The normalized spacial score (nSPS) is 10.3. The summed E-state index contributed by atoms with van der Waals surface area (Å²) in [4.78, 5) is 11.7. The van der Waals surface area contributed by atoms with Gasteiger partial charge in [0.15, 0.2) is 0 Å². The van der Waals surface area contributed by atoms with Crippen LogP contribution in [-0.4, -0.2) is 16.1 Å². The molecule has 1 aromatic heterocycles. The van der Waals surface area contributed by atoms with E-state index in [0.717, 1.165) is 16.8 Å². The number of aromatic nitrogens is 2. The number of anilines is 2. The number of hydrogen-bond acceptors (Lipinski definition) is 3. The van der Waals surface area contributed by atoms with Crippen LogP contribution in [0.4, 0.5) is 11.5 Å². The van der Waals surface area contributed by atoms with Crippen molar-refractivity contribution in [2.45, 2.75) is 19.8 Å². The highest BCUT2D eigenvalue weighted by Crippen LogP contribution is 2.11. The molecule has 0 unspecified atom stereocenters. The number of aryl methyl sites for hydroxylation is 2. The Hall–Kier alpha value is -2.30. The van der Waals surface area contributed by atoms with Gasteiger partial charge in [-0.05, 0) is 31.0 Å². The van der Waals surface area contributed by atoms with Crippen molar-refractivity contribution in [2.24, 2.45) is 0 Å². The van der Waals surface area contributed by atoms with E-state index in [1.807, 2.05) is 31.2 Å². The molecule has 94 valence electrons. The number of amides is 1. The lowest BCUT2D eigenvalue weighted by atomic mass is 10.1. The third-order valence-corrected chi connectivity index (χ3v) is 2.69. The van der Waals surface area contributed by atoms with Crippen molar-refractivity contribution >= 4 is 17.4 Å². The molecular formula is C13H16N4O. The Morgan fingerprint density at radius 2 is 2.33 bits per heavy atom. The van der Waals surface area contributed by atoms with E-state index in [1.54, 1.807) is 6.20 Å². The van der Waals surface area contributed by atoms with Crippen molar-refractivity contribution in [1.29, 1.82) is 0 Å². The summed E-state index contributed by atoms with van der Waals surface area (Å²) >= 11 is 0. The molecule has 5 heteroatoms. The first-order valence-corrected chi connectivity index (χ1v) is 5.79. The van der Waals surface area contributed by atoms with Gasteiger partial charge in [-0.3, -0.25) is 9.89 Å². The number of aromatic amines is 1. The zero-order valence-corrected chi connectivity index (χ0v) is 10.2. The molecule has 0 saturated heterocycles. The molecular weight excluding hydrogens is 228 g/mol. The predicted octanol–water partition coefficient (Wildman–Crippen LogP) is 1.87. The van der Waals surface area contributed by atoms with Crippen LogP contribution in [0.1, 0.15) is 17.5 Å². The maximum absolute atomic E-state index is 11.7. The first kappa shape index (κ1) is 12.2. The molecule has 2 rings (SSSR count). The van der Waals surface area contributed by atoms with Gasteiger partial charge in [-0.15, -0.1) is 0 Å². The van der Waals surface area contributed by atoms with Crippen LogP contribution in [-0.2, 0) is 11.2 Å². The summed E-state index contributed by atoms with van der Waals surface area (Å²) < 4.78 is 0. The molecule has 0 fully saturated rings. The minimum absolute atomic E-state index is 0.0372. The number of nitrogen functional groups attached to an aromatic ring is 1. The lowest BCUT2D eigenvalue weighted by Gasteiger charge is -2.04. The lowest BCUT2D eigenvalue weighted by molar-refractivity contribution is -0.116. The number of rotatable bonds is 4. The van der Waals surface area contributed by atoms with E-state index in [2.05, 4.69) is 15.5 Å². The fourth-order valence-electron chi connectivity index (χ4n) is 1.68. The topological polar surface area (TPSA) is 83.8 Å². The molecule has 0 aliphatic rings. The van der Waals surface area contributed by atoms with E-state index in [0.29, 0.717) is 18.7 Å². The lowest BCUT2D eigenvalue weighted by Crippen LogP contribution is -2.13. The smallest absolute Gasteiger partial charge is 0.225 e. The van der Waals surface area contributed by atoms with Gasteiger partial charge in [-0.2, -0.15) is 5.10 Å². The third kappa shape index (κ3) is 3.10. The Morgan fingerprint density at radius 1 is 1.50 bits per heavy atom. The Balaban J connectivity index is 1.87. The number of carbonyl (C=O) groups excluding carboxylic acids is 1. The van der Waals surface area contributed by atoms with Gasteiger partial charge < -0.3 is 11.1 Å². The molecule has 2 aromatic rings. The molecule has 0 aliphatic carbocycles. The number of nitrogens with two attached hydrogens (primary N) is 1. The molecule has 0 saturated carbocycles. The molecule has 0 radical (unpaired) electrons. The zero-order valence-electron chi connectivity index (χ0n) is 10.2. The molecule has 0 spiro atoms. The van der Waals surface area contributed by atoms with Gasteiger partial charge in [0.1, 0.15) is 5.82 Å². The molecule has 0 bridgehead atoms. The molecule has 1 heterocycles. The maximum Gasteiger partial charge on any atom is 0.225 e. The third-order valence-electron chi connectivity index (χ3n) is 2.69. The minimum atomic E-state index is -0.0372. The van der Waals surface area contributed by atoms with Crippen LogP contribution in [0.3, 0.4) is 0 Å². The highest BCUT2D eigenvalue weighted by atomic mass is 16.1. The van der Waals surface area contributed by atoms with E-state index >= 15 is 0 Å². The monoisotopic (exact) mass is 244 g/mol. The van der Waals surface area contributed by atoms with Crippen molar-refractivity contribution in [2.75, 3.05) is 11.1 Å². The van der Waals surface area contributed by atoms with Gasteiger partial charge in [0.05, 0.1) is 6.20 Å². The van der Waals surface area contributed by atoms with Crippen LogP contribution in [0, 0.1) is 6.92 Å². The Bertz CT molecular complexity index is 547. The second-order valence-corrected chi connectivity index (χ2v) is 4.22. The predicted molar refractivity (Wildman–Crippen MR) is 71.1 cm³/mol. The summed E-state index contributed by atoms with van der Waals surface area (Å²) in [6.07, 6.45) is 2.76. The molecule has 1 amide bonds. The summed E-state index contributed by atoms with van der Waals surface area (Å²) in [6.45, 7) is 1.89. The van der Waals surface area contributed by atoms with Gasteiger partial charge in [0, 0.05) is 17.7 Å². The first-order valence-electron chi connectivity index (χ1n) is 5.79. The summed E-state index contributed by atoms with van der Waals surface area (Å²) in [7, 11) is 0. The van der Waals surface area contributed by atoms with Gasteiger partial charge in [0.25, 0.3) is 0 Å². The average molecular weight is 244 g/mol. The van der Waals surface area contributed by atoms with Crippen LogP contribution in [0.15, 0.2) is 30.5 Å². The number of hydrogen-bond donors (Lipinski definition) is 3. The summed E-state index contributed by atoms with van der Waals surface area (Å²) in [5.41, 5.74) is 8.39. The summed E-state index contributed by atoms with van der Waals surface area (Å²) in [5.74, 6) is 0.623. The number of benzene rings is 1. The fourth-order valence-corrected chi connectivity index (χ4v) is 1.68. The van der Waals surface area contributed by atoms with Crippen LogP contribution < -0.4 is 11.1 Å². The van der Waals surface area contributed by atoms with Gasteiger partial charge >= 0.3 is 0 Å². The second-order valence-electron chi connectivity index (χ2n) is 4.22. The van der Waals surface area contributed by atoms with Crippen LogP contribution >= 0.6 is 0 Å². The van der Waals surface area contributed by atoms with Gasteiger partial charge in [0.2, 0.25) is 5.91 Å². The van der Waals surface area contributed by atoms with Crippen LogP contribution in [0.5, 0.6) is 0 Å². The molecule has 0 atom stereocenters. The number of nitrogens with zero attached hydrogens (tertiary/aromatic N) is 1. The standard InChI is InChI=1S/C13H16N4O/c1-9-8-15-17-13(9)16-12(18)6-5-10-3-2-4-11(14)7-10/h2-4,7-8H,5-6,14H2,1H3,(H2,15,16,17,18). The van der Waals surface area contributed by atoms with E-state index in [-0.39, 0.29) is 5.91 Å². The summed E-state index contributed by atoms with van der Waals surface area (Å²) in [5, 5.41) is 9.38. The van der Waals surface area contributed by atoms with Crippen molar-refractivity contribution < 1.29 is 4.79 Å². The Labute approximate surface area is 105 Å². The SMILES string of the molecule is Cc1cn[nH]c1NC(=O)CCc1cccc(N)c1. The van der Waals surface area contributed by atoms with Crippen molar-refractivity contribution in [3.8, 4) is 0 Å². The fraction of sp³-hybridized carbons (Fsp3) is 0.231. The van der Waals surface area contributed by atoms with Gasteiger partial charge in [-0.25, -0.2) is 0 Å². The molecule has 5 nitrogen and oxygen atoms in total. The molecule has 4 N–H and O–H groups in total. The van der Waals surface area contributed by atoms with Crippen LogP contribution in [0.2, 0.25) is 0 Å². The van der Waals surface area contributed by atoms with Crippen molar-refractivity contribution in [3.63, 3.8) is 0 Å². The van der Waals surface area contributed by atoms with Gasteiger partial charge in [-0.1, -0.05) is 12.1 Å². The largest absolute Gasteiger partial charge is 0.399 e. The van der Waals surface area contributed by atoms with E-state index in [9.17, 15) is 4.79 Å². The first-order chi connectivity index (χ1) is 8.65. The highest BCUT2D eigenvalue weighted by Gasteiger charge is 2.06. The molecule has 18 heavy (non-hydrogen) atoms. The molecule has 1 aromatic carbocycles. The molecule has 0 aliphatic heterocycles. The maximum atomic E-state index is 11.7.